The highest BCUT2D eigenvalue weighted by atomic mass is 35.5. The number of hydrogen-bond donors (Lipinski definition) is 2. The molecule has 0 spiro atoms. The van der Waals surface area contributed by atoms with E-state index in [1.54, 1.807) is 48.5 Å². The fourth-order valence-corrected chi connectivity index (χ4v) is 2.01. The standard InChI is InChI=1S/C17H13ClN2O2/c1-2-12-6-5-7-13(10-12)20-16(21)11-19-17(22)14-8-3-4-9-15(14)18/h1,3-10H,11H2,(H,19,22)(H,20,21). The minimum absolute atomic E-state index is 0.162. The second-order valence-corrected chi connectivity index (χ2v) is 4.84. The smallest absolute Gasteiger partial charge is 0.253 e. The molecule has 0 fully saturated rings. The molecule has 2 amide bonds. The molecular weight excluding hydrogens is 300 g/mol. The summed E-state index contributed by atoms with van der Waals surface area (Å²) in [6.07, 6.45) is 5.29. The summed E-state index contributed by atoms with van der Waals surface area (Å²) in [5.74, 6) is 1.73. The molecule has 0 unspecified atom stereocenters. The molecule has 0 saturated carbocycles. The second-order valence-electron chi connectivity index (χ2n) is 4.44. The Labute approximate surface area is 133 Å². The summed E-state index contributed by atoms with van der Waals surface area (Å²) in [4.78, 5) is 23.7. The monoisotopic (exact) mass is 312 g/mol. The van der Waals surface area contributed by atoms with E-state index in [9.17, 15) is 9.59 Å². The molecule has 2 rings (SSSR count). The summed E-state index contributed by atoms with van der Waals surface area (Å²) in [5, 5.41) is 5.50. The fraction of sp³-hybridized carbons (Fsp3) is 0.0588. The molecule has 2 aromatic rings. The Hall–Kier alpha value is -2.77. The lowest BCUT2D eigenvalue weighted by atomic mass is 10.2. The molecule has 0 saturated heterocycles. The van der Waals surface area contributed by atoms with Crippen LogP contribution in [0.2, 0.25) is 5.02 Å². The van der Waals surface area contributed by atoms with Crippen molar-refractivity contribution in [2.45, 2.75) is 0 Å². The van der Waals surface area contributed by atoms with Gasteiger partial charge in [-0.1, -0.05) is 35.7 Å². The minimum Gasteiger partial charge on any atom is -0.343 e. The Bertz CT molecular complexity index is 750. The van der Waals surface area contributed by atoms with Gasteiger partial charge in [-0.3, -0.25) is 9.59 Å². The zero-order valence-corrected chi connectivity index (χ0v) is 12.4. The summed E-state index contributed by atoms with van der Waals surface area (Å²) >= 11 is 5.92. The Morgan fingerprint density at radius 2 is 1.91 bits per heavy atom. The molecule has 4 nitrogen and oxygen atoms in total. The van der Waals surface area contributed by atoms with Crippen molar-refractivity contribution in [3.63, 3.8) is 0 Å². The Balaban J connectivity index is 1.92. The van der Waals surface area contributed by atoms with E-state index < -0.39 is 5.91 Å². The number of nitrogens with one attached hydrogen (secondary N) is 2. The maximum atomic E-state index is 11.9. The molecule has 2 aromatic carbocycles. The number of terminal acetylenes is 1. The largest absolute Gasteiger partial charge is 0.343 e. The third kappa shape index (κ3) is 4.11. The van der Waals surface area contributed by atoms with Gasteiger partial charge in [0.1, 0.15) is 0 Å². The van der Waals surface area contributed by atoms with Gasteiger partial charge < -0.3 is 10.6 Å². The molecule has 0 heterocycles. The van der Waals surface area contributed by atoms with Crippen LogP contribution in [-0.4, -0.2) is 18.4 Å². The molecule has 2 N–H and O–H groups in total. The van der Waals surface area contributed by atoms with E-state index in [1.165, 1.54) is 0 Å². The molecule has 22 heavy (non-hydrogen) atoms. The molecule has 0 aliphatic heterocycles. The molecule has 5 heteroatoms. The first-order valence-electron chi connectivity index (χ1n) is 6.49. The molecular formula is C17H13ClN2O2. The zero-order chi connectivity index (χ0) is 15.9. The quantitative estimate of drug-likeness (QED) is 0.853. The van der Waals surface area contributed by atoms with Crippen molar-refractivity contribution < 1.29 is 9.59 Å². The van der Waals surface area contributed by atoms with Crippen LogP contribution in [0.15, 0.2) is 48.5 Å². The van der Waals surface area contributed by atoms with Gasteiger partial charge in [0.15, 0.2) is 0 Å². The molecule has 0 aliphatic carbocycles. The lowest BCUT2D eigenvalue weighted by Gasteiger charge is -2.08. The van der Waals surface area contributed by atoms with Crippen molar-refractivity contribution in [3.8, 4) is 12.3 Å². The van der Waals surface area contributed by atoms with Crippen LogP contribution in [0, 0.1) is 12.3 Å². The van der Waals surface area contributed by atoms with Gasteiger partial charge in [-0.25, -0.2) is 0 Å². The summed E-state index contributed by atoms with van der Waals surface area (Å²) in [6, 6.07) is 13.5. The van der Waals surface area contributed by atoms with Crippen molar-refractivity contribution in [1.82, 2.24) is 5.32 Å². The molecule has 110 valence electrons. The average molecular weight is 313 g/mol. The number of rotatable bonds is 4. The average Bonchev–Trinajstić information content (AvgIpc) is 2.53. The number of amides is 2. The van der Waals surface area contributed by atoms with Crippen LogP contribution in [0.1, 0.15) is 15.9 Å². The molecule has 0 atom stereocenters. The third-order valence-electron chi connectivity index (χ3n) is 2.84. The fourth-order valence-electron chi connectivity index (χ4n) is 1.79. The van der Waals surface area contributed by atoms with Gasteiger partial charge in [0.05, 0.1) is 17.1 Å². The number of benzene rings is 2. The summed E-state index contributed by atoms with van der Waals surface area (Å²) in [5.41, 5.74) is 1.57. The molecule has 0 bridgehead atoms. The van der Waals surface area contributed by atoms with Crippen molar-refractivity contribution in [2.75, 3.05) is 11.9 Å². The molecule has 0 aromatic heterocycles. The van der Waals surface area contributed by atoms with Gasteiger partial charge in [-0.2, -0.15) is 0 Å². The van der Waals surface area contributed by atoms with Crippen molar-refractivity contribution in [1.29, 1.82) is 0 Å². The second kappa shape index (κ2) is 7.30. The van der Waals surface area contributed by atoms with Gasteiger partial charge in [-0.05, 0) is 30.3 Å². The van der Waals surface area contributed by atoms with E-state index >= 15 is 0 Å². The van der Waals surface area contributed by atoms with Crippen molar-refractivity contribution in [2.24, 2.45) is 0 Å². The molecule has 0 aliphatic rings. The summed E-state index contributed by atoms with van der Waals surface area (Å²) in [7, 11) is 0. The van der Waals surface area contributed by atoms with E-state index in [2.05, 4.69) is 16.6 Å². The predicted octanol–water partition coefficient (Wildman–Crippen LogP) is 2.69. The van der Waals surface area contributed by atoms with Gasteiger partial charge >= 0.3 is 0 Å². The number of halogens is 1. The minimum atomic E-state index is -0.405. The van der Waals surface area contributed by atoms with Crippen LogP contribution in [0.5, 0.6) is 0 Å². The number of carbonyl (C=O) groups excluding carboxylic acids is 2. The van der Waals surface area contributed by atoms with Crippen LogP contribution in [0.3, 0.4) is 0 Å². The van der Waals surface area contributed by atoms with Crippen LogP contribution < -0.4 is 10.6 Å². The number of carbonyl (C=O) groups is 2. The summed E-state index contributed by atoms with van der Waals surface area (Å²) < 4.78 is 0. The highest BCUT2D eigenvalue weighted by molar-refractivity contribution is 6.33. The lowest BCUT2D eigenvalue weighted by molar-refractivity contribution is -0.115. The predicted molar refractivity (Wildman–Crippen MR) is 86.8 cm³/mol. The first-order valence-corrected chi connectivity index (χ1v) is 6.87. The Morgan fingerprint density at radius 3 is 2.64 bits per heavy atom. The molecule has 0 radical (unpaired) electrons. The van der Waals surface area contributed by atoms with Gasteiger partial charge in [0, 0.05) is 11.3 Å². The van der Waals surface area contributed by atoms with E-state index in [4.69, 9.17) is 18.0 Å². The van der Waals surface area contributed by atoms with E-state index in [0.717, 1.165) is 0 Å². The number of anilines is 1. The van der Waals surface area contributed by atoms with Crippen LogP contribution >= 0.6 is 11.6 Å². The highest BCUT2D eigenvalue weighted by Gasteiger charge is 2.11. The number of hydrogen-bond acceptors (Lipinski definition) is 2. The van der Waals surface area contributed by atoms with Gasteiger partial charge in [0.2, 0.25) is 5.91 Å². The Kier molecular flexibility index (Phi) is 5.18. The van der Waals surface area contributed by atoms with Gasteiger partial charge in [-0.15, -0.1) is 6.42 Å². The first-order chi connectivity index (χ1) is 10.6. The topological polar surface area (TPSA) is 58.2 Å². The Morgan fingerprint density at radius 1 is 1.14 bits per heavy atom. The van der Waals surface area contributed by atoms with Crippen molar-refractivity contribution in [3.05, 3.63) is 64.7 Å². The van der Waals surface area contributed by atoms with E-state index in [0.29, 0.717) is 21.8 Å². The van der Waals surface area contributed by atoms with Crippen molar-refractivity contribution >= 4 is 29.1 Å². The maximum Gasteiger partial charge on any atom is 0.253 e. The SMILES string of the molecule is C#Cc1cccc(NC(=O)CNC(=O)c2ccccc2Cl)c1. The van der Waals surface area contributed by atoms with E-state index in [-0.39, 0.29) is 12.5 Å². The normalized spacial score (nSPS) is 9.64. The van der Waals surface area contributed by atoms with Crippen LogP contribution in [-0.2, 0) is 4.79 Å². The zero-order valence-electron chi connectivity index (χ0n) is 11.6. The van der Waals surface area contributed by atoms with Crippen LogP contribution in [0.4, 0.5) is 5.69 Å². The lowest BCUT2D eigenvalue weighted by Crippen LogP contribution is -2.33. The third-order valence-corrected chi connectivity index (χ3v) is 3.17. The van der Waals surface area contributed by atoms with Crippen LogP contribution in [0.25, 0.3) is 0 Å². The van der Waals surface area contributed by atoms with Gasteiger partial charge in [0.25, 0.3) is 5.91 Å². The maximum absolute atomic E-state index is 11.9. The van der Waals surface area contributed by atoms with E-state index in [1.807, 2.05) is 0 Å². The summed E-state index contributed by atoms with van der Waals surface area (Å²) in [6.45, 7) is -0.162. The first kappa shape index (κ1) is 15.6. The highest BCUT2D eigenvalue weighted by Crippen LogP contribution is 2.14.